The van der Waals surface area contributed by atoms with Crippen LogP contribution in [0.2, 0.25) is 0 Å². The first-order chi connectivity index (χ1) is 9.37. The second-order valence-electron chi connectivity index (χ2n) is 4.89. The number of nitrogens with zero attached hydrogens (tertiary/aromatic N) is 1. The van der Waals surface area contributed by atoms with E-state index in [9.17, 15) is 13.2 Å². The fraction of sp³-hybridized carbons (Fsp3) is 0.357. The summed E-state index contributed by atoms with van der Waals surface area (Å²) in [5.74, 6) is 0.0667. The molecule has 1 aliphatic heterocycles. The Morgan fingerprint density at radius 3 is 2.80 bits per heavy atom. The molecule has 1 aromatic carbocycles. The summed E-state index contributed by atoms with van der Waals surface area (Å²) < 4.78 is 23.8. The molecule has 0 radical (unpaired) electrons. The molecular weight excluding hydrogens is 342 g/mol. The van der Waals surface area contributed by atoms with Crippen LogP contribution in [0.1, 0.15) is 12.0 Å². The summed E-state index contributed by atoms with van der Waals surface area (Å²) in [6.45, 7) is 0. The first-order valence-electron chi connectivity index (χ1n) is 6.28. The molecule has 1 saturated heterocycles. The first kappa shape index (κ1) is 15.3. The van der Waals surface area contributed by atoms with E-state index in [4.69, 9.17) is 0 Å². The van der Waals surface area contributed by atoms with E-state index in [0.29, 0.717) is 6.42 Å². The van der Waals surface area contributed by atoms with E-state index in [1.807, 2.05) is 24.3 Å². The van der Waals surface area contributed by atoms with Crippen LogP contribution in [0.25, 0.3) is 6.08 Å². The van der Waals surface area contributed by atoms with E-state index in [1.54, 1.807) is 13.1 Å². The smallest absolute Gasteiger partial charge is 0.246 e. The molecule has 1 aromatic rings. The lowest BCUT2D eigenvalue weighted by Gasteiger charge is -2.21. The predicted molar refractivity (Wildman–Crippen MR) is 83.0 cm³/mol. The average molecular weight is 358 g/mol. The molecule has 0 saturated carbocycles. The highest BCUT2D eigenvalue weighted by atomic mass is 79.9. The minimum absolute atomic E-state index is 0.0694. The topological polar surface area (TPSA) is 54.5 Å². The van der Waals surface area contributed by atoms with Crippen LogP contribution in [-0.4, -0.2) is 43.8 Å². The average Bonchev–Trinajstić information content (AvgIpc) is 2.75. The molecular formula is C14H16BrNO3S. The number of likely N-dealkylation sites (N-methyl/N-ethyl adjacent to an activating group) is 1. The van der Waals surface area contributed by atoms with Crippen LogP contribution in [0.15, 0.2) is 34.8 Å². The van der Waals surface area contributed by atoms with Crippen molar-refractivity contribution in [3.05, 3.63) is 40.4 Å². The fourth-order valence-electron chi connectivity index (χ4n) is 2.16. The number of sulfone groups is 1. The zero-order valence-corrected chi connectivity index (χ0v) is 13.5. The van der Waals surface area contributed by atoms with Crippen molar-refractivity contribution in [2.24, 2.45) is 0 Å². The highest BCUT2D eigenvalue weighted by molar-refractivity contribution is 9.10. The van der Waals surface area contributed by atoms with E-state index in [1.165, 1.54) is 11.0 Å². The van der Waals surface area contributed by atoms with E-state index in [0.717, 1.165) is 10.0 Å². The van der Waals surface area contributed by atoms with Crippen molar-refractivity contribution in [1.82, 2.24) is 4.90 Å². The van der Waals surface area contributed by atoms with E-state index >= 15 is 0 Å². The van der Waals surface area contributed by atoms with Crippen molar-refractivity contribution in [3.63, 3.8) is 0 Å². The van der Waals surface area contributed by atoms with Gasteiger partial charge in [-0.15, -0.1) is 0 Å². The Balaban J connectivity index is 2.01. The number of carbonyl (C=O) groups excluding carboxylic acids is 1. The van der Waals surface area contributed by atoms with Crippen LogP contribution >= 0.6 is 15.9 Å². The molecule has 0 bridgehead atoms. The minimum atomic E-state index is -2.97. The first-order valence-corrected chi connectivity index (χ1v) is 8.90. The number of hydrogen-bond acceptors (Lipinski definition) is 3. The highest BCUT2D eigenvalue weighted by Gasteiger charge is 2.31. The van der Waals surface area contributed by atoms with Crippen molar-refractivity contribution in [3.8, 4) is 0 Å². The Bertz CT molecular complexity index is 640. The Morgan fingerprint density at radius 1 is 1.45 bits per heavy atom. The van der Waals surface area contributed by atoms with Gasteiger partial charge in [0.25, 0.3) is 0 Å². The monoisotopic (exact) mass is 357 g/mol. The molecule has 1 atom stereocenters. The van der Waals surface area contributed by atoms with Gasteiger partial charge in [-0.3, -0.25) is 4.79 Å². The summed E-state index contributed by atoms with van der Waals surface area (Å²) in [6, 6.07) is 7.40. The zero-order chi connectivity index (χ0) is 14.8. The number of hydrogen-bond donors (Lipinski definition) is 0. The van der Waals surface area contributed by atoms with Crippen LogP contribution in [0, 0.1) is 0 Å². The van der Waals surface area contributed by atoms with Crippen molar-refractivity contribution >= 4 is 37.8 Å². The number of carbonyl (C=O) groups is 1. The standard InChI is InChI=1S/C14H16BrNO3S/c1-16(13-7-8-20(18,19)10-13)14(17)6-5-11-3-2-4-12(15)9-11/h2-6,9,13H,7-8,10H2,1H3/b6-5+. The highest BCUT2D eigenvalue weighted by Crippen LogP contribution is 2.17. The molecule has 0 aromatic heterocycles. The molecule has 0 N–H and O–H groups in total. The Labute approximate surface area is 127 Å². The van der Waals surface area contributed by atoms with Gasteiger partial charge in [-0.1, -0.05) is 28.1 Å². The van der Waals surface area contributed by atoms with Crippen LogP contribution in [-0.2, 0) is 14.6 Å². The van der Waals surface area contributed by atoms with Crippen LogP contribution in [0.5, 0.6) is 0 Å². The van der Waals surface area contributed by atoms with Crippen molar-refractivity contribution in [2.75, 3.05) is 18.6 Å². The van der Waals surface area contributed by atoms with Gasteiger partial charge >= 0.3 is 0 Å². The molecule has 0 spiro atoms. The molecule has 1 aliphatic rings. The van der Waals surface area contributed by atoms with Gasteiger partial charge in [-0.05, 0) is 30.2 Å². The lowest BCUT2D eigenvalue weighted by Crippen LogP contribution is -2.36. The third-order valence-corrected chi connectivity index (χ3v) is 5.61. The summed E-state index contributed by atoms with van der Waals surface area (Å²) in [6.07, 6.45) is 3.73. The second-order valence-corrected chi connectivity index (χ2v) is 8.04. The minimum Gasteiger partial charge on any atom is -0.338 e. The van der Waals surface area contributed by atoms with Gasteiger partial charge in [0.15, 0.2) is 9.84 Å². The van der Waals surface area contributed by atoms with Crippen molar-refractivity contribution in [2.45, 2.75) is 12.5 Å². The summed E-state index contributed by atoms with van der Waals surface area (Å²) in [5, 5.41) is 0. The normalized spacial score (nSPS) is 21.2. The van der Waals surface area contributed by atoms with Gasteiger partial charge in [0.1, 0.15) is 0 Å². The SMILES string of the molecule is CN(C(=O)/C=C/c1cccc(Br)c1)C1CCS(=O)(=O)C1. The quantitative estimate of drug-likeness (QED) is 0.778. The zero-order valence-electron chi connectivity index (χ0n) is 11.1. The molecule has 2 rings (SSSR count). The van der Waals surface area contributed by atoms with Crippen LogP contribution in [0.3, 0.4) is 0 Å². The summed E-state index contributed by atoms with van der Waals surface area (Å²) in [5.41, 5.74) is 0.917. The summed E-state index contributed by atoms with van der Waals surface area (Å²) in [7, 11) is -1.32. The van der Waals surface area contributed by atoms with Crippen molar-refractivity contribution < 1.29 is 13.2 Å². The van der Waals surface area contributed by atoms with Gasteiger partial charge in [0.05, 0.1) is 11.5 Å². The van der Waals surface area contributed by atoms with E-state index in [2.05, 4.69) is 15.9 Å². The Kier molecular flexibility index (Phi) is 4.65. The summed E-state index contributed by atoms with van der Waals surface area (Å²) in [4.78, 5) is 13.5. The van der Waals surface area contributed by atoms with Gasteiger partial charge in [0, 0.05) is 23.6 Å². The molecule has 1 amide bonds. The van der Waals surface area contributed by atoms with Gasteiger partial charge in [-0.25, -0.2) is 8.42 Å². The summed E-state index contributed by atoms with van der Waals surface area (Å²) >= 11 is 3.37. The maximum atomic E-state index is 12.0. The van der Waals surface area contributed by atoms with E-state index in [-0.39, 0.29) is 23.5 Å². The van der Waals surface area contributed by atoms with Crippen LogP contribution < -0.4 is 0 Å². The lowest BCUT2D eigenvalue weighted by molar-refractivity contribution is -0.126. The van der Waals surface area contributed by atoms with Crippen molar-refractivity contribution in [1.29, 1.82) is 0 Å². The Morgan fingerprint density at radius 2 is 2.20 bits per heavy atom. The molecule has 20 heavy (non-hydrogen) atoms. The number of amides is 1. The molecule has 0 aliphatic carbocycles. The van der Waals surface area contributed by atoms with Gasteiger partial charge < -0.3 is 4.90 Å². The molecule has 6 heteroatoms. The molecule has 108 valence electrons. The van der Waals surface area contributed by atoms with Gasteiger partial charge in [-0.2, -0.15) is 0 Å². The second kappa shape index (κ2) is 6.10. The van der Waals surface area contributed by atoms with Gasteiger partial charge in [0.2, 0.25) is 5.91 Å². The number of benzene rings is 1. The predicted octanol–water partition coefficient (Wildman–Crippen LogP) is 2.11. The molecule has 1 unspecified atom stereocenters. The fourth-order valence-corrected chi connectivity index (χ4v) is 4.35. The molecule has 1 heterocycles. The number of halogens is 1. The largest absolute Gasteiger partial charge is 0.338 e. The third-order valence-electron chi connectivity index (χ3n) is 3.37. The maximum absolute atomic E-state index is 12.0. The molecule has 1 fully saturated rings. The van der Waals surface area contributed by atoms with Crippen LogP contribution in [0.4, 0.5) is 0 Å². The third kappa shape index (κ3) is 3.93. The maximum Gasteiger partial charge on any atom is 0.246 e. The Hall–Kier alpha value is -1.14. The number of rotatable bonds is 3. The lowest BCUT2D eigenvalue weighted by atomic mass is 10.2. The van der Waals surface area contributed by atoms with E-state index < -0.39 is 9.84 Å². The molecule has 4 nitrogen and oxygen atoms in total.